The van der Waals surface area contributed by atoms with Crippen molar-refractivity contribution in [3.8, 4) is 5.75 Å². The zero-order valence-corrected chi connectivity index (χ0v) is 28.3. The molecule has 2 amide bonds. The molecular formula is C33H50N6O6S. The van der Waals surface area contributed by atoms with Crippen LogP contribution in [0.15, 0.2) is 47.5 Å². The van der Waals surface area contributed by atoms with Crippen molar-refractivity contribution in [3.05, 3.63) is 64.7 Å². The molecular weight excluding hydrogens is 608 g/mol. The summed E-state index contributed by atoms with van der Waals surface area (Å²) in [4.78, 5) is 45.9. The van der Waals surface area contributed by atoms with Gasteiger partial charge < -0.3 is 32.3 Å². The first-order valence-electron chi connectivity index (χ1n) is 15.4. The lowest BCUT2D eigenvalue weighted by molar-refractivity contribution is -0.145. The molecule has 0 spiro atoms. The summed E-state index contributed by atoms with van der Waals surface area (Å²) in [6.45, 7) is 5.66. The molecule has 0 aliphatic rings. The van der Waals surface area contributed by atoms with Gasteiger partial charge in [-0.1, -0.05) is 36.8 Å². The third-order valence-electron chi connectivity index (χ3n) is 7.85. The number of nitrogens with zero attached hydrogens (tertiary/aromatic N) is 2. The first-order valence-corrected chi connectivity index (χ1v) is 17.1. The molecule has 0 bridgehead atoms. The molecule has 0 aliphatic heterocycles. The third-order valence-corrected chi connectivity index (χ3v) is 8.66. The summed E-state index contributed by atoms with van der Waals surface area (Å²) in [5, 5.41) is 25.8. The maximum atomic E-state index is 13.9. The van der Waals surface area contributed by atoms with Gasteiger partial charge in [0.2, 0.25) is 11.8 Å². The summed E-state index contributed by atoms with van der Waals surface area (Å²) < 4.78 is 12.1. The number of hydrogen-bond donors (Lipinski definition) is 6. The minimum Gasteiger partial charge on any atom is -0.508 e. The first kappa shape index (κ1) is 38.4. The van der Waals surface area contributed by atoms with Gasteiger partial charge >= 0.3 is 5.97 Å². The second-order valence-electron chi connectivity index (χ2n) is 11.7. The van der Waals surface area contributed by atoms with E-state index in [4.69, 9.17) is 11.5 Å². The van der Waals surface area contributed by atoms with E-state index in [0.29, 0.717) is 32.2 Å². The highest BCUT2D eigenvalue weighted by Crippen LogP contribution is 2.23. The smallest absolute Gasteiger partial charge is 0.320 e. The molecule has 2 aromatic rings. The van der Waals surface area contributed by atoms with Gasteiger partial charge in [-0.25, -0.2) is 0 Å². The number of phenols is 1. The van der Waals surface area contributed by atoms with Crippen LogP contribution in [-0.4, -0.2) is 92.8 Å². The summed E-state index contributed by atoms with van der Waals surface area (Å²) in [6, 6.07) is 9.64. The minimum atomic E-state index is -1.25. The van der Waals surface area contributed by atoms with Gasteiger partial charge in [0.05, 0.1) is 12.0 Å². The van der Waals surface area contributed by atoms with E-state index in [1.165, 1.54) is 6.26 Å². The number of benzene rings is 2. The van der Waals surface area contributed by atoms with Crippen LogP contribution >= 0.6 is 0 Å². The van der Waals surface area contributed by atoms with Gasteiger partial charge in [0.1, 0.15) is 23.9 Å². The van der Waals surface area contributed by atoms with Crippen LogP contribution in [0.25, 0.3) is 0 Å². The Balaban J connectivity index is 2.40. The molecule has 1 unspecified atom stereocenters. The zero-order chi connectivity index (χ0) is 34.4. The fourth-order valence-corrected chi connectivity index (χ4v) is 5.92. The van der Waals surface area contributed by atoms with Gasteiger partial charge in [-0.3, -0.25) is 28.5 Å². The maximum absolute atomic E-state index is 13.9. The number of aliphatic imine (C=N–C) groups is 1. The summed E-state index contributed by atoms with van der Waals surface area (Å²) in [7, 11) is 0.404. The largest absolute Gasteiger partial charge is 0.508 e. The lowest BCUT2D eigenvalue weighted by Gasteiger charge is -2.34. The fourth-order valence-electron chi connectivity index (χ4n) is 5.35. The van der Waals surface area contributed by atoms with Crippen molar-refractivity contribution in [2.45, 2.75) is 83.6 Å². The molecule has 12 nitrogen and oxygen atoms in total. The topological polar surface area (TPSA) is 200 Å². The van der Waals surface area contributed by atoms with Crippen LogP contribution in [0.3, 0.4) is 0 Å². The van der Waals surface area contributed by atoms with Gasteiger partial charge in [0.15, 0.2) is 0 Å². The molecule has 254 valence electrons. The van der Waals surface area contributed by atoms with Gasteiger partial charge in [-0.2, -0.15) is 0 Å². The van der Waals surface area contributed by atoms with Crippen LogP contribution in [0.5, 0.6) is 5.75 Å². The lowest BCUT2D eigenvalue weighted by atomic mass is 9.95. The van der Waals surface area contributed by atoms with Crippen molar-refractivity contribution in [1.29, 1.82) is 0 Å². The molecule has 2 aromatic carbocycles. The summed E-state index contributed by atoms with van der Waals surface area (Å²) in [5.74, 6) is -1.66. The number of carbonyl (C=O) groups is 3. The Morgan fingerprint density at radius 1 is 1.00 bits per heavy atom. The number of aryl methyl sites for hydroxylation is 2. The number of amidine groups is 1. The number of nitrogens with two attached hydrogens (primary N) is 2. The van der Waals surface area contributed by atoms with Crippen LogP contribution in [0.4, 0.5) is 0 Å². The molecule has 0 saturated heterocycles. The van der Waals surface area contributed by atoms with Crippen molar-refractivity contribution in [2.24, 2.45) is 16.5 Å². The van der Waals surface area contributed by atoms with Crippen molar-refractivity contribution in [2.75, 3.05) is 25.6 Å². The minimum absolute atomic E-state index is 0.0800. The van der Waals surface area contributed by atoms with E-state index >= 15 is 0 Å². The number of amides is 2. The Hall–Kier alpha value is -3.81. The molecule has 0 fully saturated rings. The first-order chi connectivity index (χ1) is 21.7. The predicted octanol–water partition coefficient (Wildman–Crippen LogP) is 1.75. The Labute approximate surface area is 274 Å². The number of likely N-dealkylation sites (N-methyl/N-ethyl adjacent to an activating group) is 1. The van der Waals surface area contributed by atoms with Crippen LogP contribution in [-0.2, 0) is 38.0 Å². The Kier molecular flexibility index (Phi) is 15.8. The SMILES string of the molecule is CC(N)=N[C@@H](Cc1c(C)cc(O)cc1C)C(=O)N[C@H](CCS(C)=O)C(=O)N[C@@H](Cc1ccccc1)N(C)[C@H](CCCCN)C(=O)O. The van der Waals surface area contributed by atoms with Crippen molar-refractivity contribution >= 4 is 34.4 Å². The van der Waals surface area contributed by atoms with Crippen LogP contribution in [0.1, 0.15) is 54.9 Å². The molecule has 0 aromatic heterocycles. The summed E-state index contributed by atoms with van der Waals surface area (Å²) >= 11 is 0. The monoisotopic (exact) mass is 658 g/mol. The van der Waals surface area contributed by atoms with Crippen LogP contribution in [0.2, 0.25) is 0 Å². The average Bonchev–Trinajstić information content (AvgIpc) is 2.97. The van der Waals surface area contributed by atoms with E-state index in [0.717, 1.165) is 22.3 Å². The Morgan fingerprint density at radius 3 is 2.17 bits per heavy atom. The van der Waals surface area contributed by atoms with E-state index in [1.54, 1.807) is 31.0 Å². The number of aromatic hydroxyl groups is 1. The number of carboxylic acid groups (broad SMARTS) is 1. The molecule has 5 atom stereocenters. The molecule has 0 radical (unpaired) electrons. The number of carboxylic acids is 1. The summed E-state index contributed by atoms with van der Waals surface area (Å²) in [5.41, 5.74) is 14.8. The summed E-state index contributed by atoms with van der Waals surface area (Å²) in [6.07, 6.45) is 2.96. The normalized spacial score (nSPS) is 15.1. The molecule has 2 rings (SSSR count). The van der Waals surface area contributed by atoms with E-state index < -0.39 is 52.9 Å². The fraction of sp³-hybridized carbons (Fsp3) is 0.515. The maximum Gasteiger partial charge on any atom is 0.320 e. The second-order valence-corrected chi connectivity index (χ2v) is 13.2. The second kappa shape index (κ2) is 19.0. The van der Waals surface area contributed by atoms with Gasteiger partial charge in [0.25, 0.3) is 0 Å². The van der Waals surface area contributed by atoms with Gasteiger partial charge in [0, 0.05) is 35.6 Å². The highest BCUT2D eigenvalue weighted by atomic mass is 32.2. The molecule has 0 aliphatic carbocycles. The Bertz CT molecular complexity index is 1340. The third kappa shape index (κ3) is 12.5. The van der Waals surface area contributed by atoms with E-state index in [1.807, 2.05) is 44.2 Å². The van der Waals surface area contributed by atoms with Gasteiger partial charge in [-0.15, -0.1) is 0 Å². The molecule has 0 heterocycles. The van der Waals surface area contributed by atoms with E-state index in [-0.39, 0.29) is 30.2 Å². The number of phenolic OH excluding ortho intramolecular Hbond substituents is 1. The number of aliphatic carboxylic acids is 1. The molecule has 13 heteroatoms. The number of unbranched alkanes of at least 4 members (excludes halogenated alkanes) is 1. The number of hydrogen-bond acceptors (Lipinski definition) is 8. The zero-order valence-electron chi connectivity index (χ0n) is 27.5. The van der Waals surface area contributed by atoms with E-state index in [9.17, 15) is 28.8 Å². The van der Waals surface area contributed by atoms with Crippen LogP contribution < -0.4 is 22.1 Å². The van der Waals surface area contributed by atoms with Gasteiger partial charge in [-0.05, 0) is 88.0 Å². The quantitative estimate of drug-likeness (QED) is 0.0563. The van der Waals surface area contributed by atoms with Crippen molar-refractivity contribution < 1.29 is 28.8 Å². The lowest BCUT2D eigenvalue weighted by Crippen LogP contribution is -2.58. The van der Waals surface area contributed by atoms with E-state index in [2.05, 4.69) is 15.6 Å². The van der Waals surface area contributed by atoms with Crippen molar-refractivity contribution in [3.63, 3.8) is 0 Å². The predicted molar refractivity (Wildman–Crippen MR) is 182 cm³/mol. The number of carbonyl (C=O) groups excluding carboxylic acids is 2. The number of nitrogens with one attached hydrogen (secondary N) is 2. The van der Waals surface area contributed by atoms with Crippen LogP contribution in [0, 0.1) is 13.8 Å². The number of rotatable bonds is 19. The average molecular weight is 659 g/mol. The van der Waals surface area contributed by atoms with Crippen molar-refractivity contribution in [1.82, 2.24) is 15.5 Å². The molecule has 0 saturated carbocycles. The standard InChI is InChI=1S/C33H50N6O6S/c1-21-17-25(40)18-22(2)26(21)20-28(36-23(3)35)32(42)37-27(14-16-46(5)45)31(41)38-30(19-24-11-7-6-8-12-24)39(4)29(33(43)44)13-9-10-15-34/h6-8,11-12,17-18,27-30,40H,9-10,13-16,19-20,34H2,1-5H3,(H2,35,36)(H,37,42)(H,38,41)(H,43,44)/t27-,28+,29-,30-,46?/m1/s1. The Morgan fingerprint density at radius 2 is 1.63 bits per heavy atom. The highest BCUT2D eigenvalue weighted by Gasteiger charge is 2.32. The molecule has 8 N–H and O–H groups in total. The highest BCUT2D eigenvalue weighted by molar-refractivity contribution is 7.84. The molecule has 46 heavy (non-hydrogen) atoms.